The van der Waals surface area contributed by atoms with Gasteiger partial charge in [-0.3, -0.25) is 4.79 Å². The highest BCUT2D eigenvalue weighted by molar-refractivity contribution is 5.79. The van der Waals surface area contributed by atoms with Gasteiger partial charge in [0.25, 0.3) is 0 Å². The van der Waals surface area contributed by atoms with Crippen LogP contribution in [-0.4, -0.2) is 53.6 Å². The lowest BCUT2D eigenvalue weighted by Gasteiger charge is -2.38. The number of hydrogen-bond acceptors (Lipinski definition) is 5. The number of anilines is 1. The number of carbonyl (C=O) groups is 1. The van der Waals surface area contributed by atoms with E-state index >= 15 is 0 Å². The number of nitrogens with zero attached hydrogens (tertiary/aromatic N) is 4. The zero-order chi connectivity index (χ0) is 17.8. The van der Waals surface area contributed by atoms with Crippen LogP contribution < -0.4 is 4.90 Å². The second-order valence-corrected chi connectivity index (χ2v) is 6.86. The number of rotatable bonds is 3. The molecule has 2 aromatic rings. The second-order valence-electron chi connectivity index (χ2n) is 6.86. The Morgan fingerprint density at radius 3 is 2.46 bits per heavy atom. The zero-order valence-corrected chi connectivity index (χ0v) is 14.8. The highest BCUT2D eigenvalue weighted by Gasteiger charge is 2.32. The van der Waals surface area contributed by atoms with Crippen LogP contribution in [0.4, 0.5) is 5.95 Å². The van der Waals surface area contributed by atoms with E-state index < -0.39 is 0 Å². The lowest BCUT2D eigenvalue weighted by Crippen LogP contribution is -2.47. The summed E-state index contributed by atoms with van der Waals surface area (Å²) in [5.74, 6) is 1.11. The summed E-state index contributed by atoms with van der Waals surface area (Å²) in [5.41, 5.74) is 1.14. The number of morpholine rings is 1. The van der Waals surface area contributed by atoms with Crippen LogP contribution >= 0.6 is 0 Å². The molecule has 4 rings (SSSR count). The van der Waals surface area contributed by atoms with Gasteiger partial charge in [0.05, 0.1) is 13.2 Å². The molecule has 0 spiro atoms. The first kappa shape index (κ1) is 17.0. The maximum atomic E-state index is 13.0. The molecule has 0 unspecified atom stereocenters. The Kier molecular flexibility index (Phi) is 5.11. The van der Waals surface area contributed by atoms with E-state index in [9.17, 15) is 4.79 Å². The van der Waals surface area contributed by atoms with Crippen molar-refractivity contribution < 1.29 is 9.53 Å². The van der Waals surface area contributed by atoms with Crippen LogP contribution in [0.25, 0.3) is 0 Å². The fourth-order valence-corrected chi connectivity index (χ4v) is 3.76. The third-order valence-corrected chi connectivity index (χ3v) is 5.23. The maximum absolute atomic E-state index is 13.0. The van der Waals surface area contributed by atoms with Crippen molar-refractivity contribution in [1.29, 1.82) is 0 Å². The van der Waals surface area contributed by atoms with Gasteiger partial charge in [0.2, 0.25) is 11.9 Å². The number of piperidine rings is 1. The number of hydrogen-bond donors (Lipinski definition) is 0. The van der Waals surface area contributed by atoms with Gasteiger partial charge in [-0.15, -0.1) is 0 Å². The van der Waals surface area contributed by atoms with Crippen LogP contribution in [0.5, 0.6) is 0 Å². The van der Waals surface area contributed by atoms with E-state index in [4.69, 9.17) is 4.74 Å². The number of carbonyl (C=O) groups excluding carboxylic acids is 1. The fraction of sp³-hybridized carbons (Fsp3) is 0.450. The van der Waals surface area contributed by atoms with Gasteiger partial charge in [-0.2, -0.15) is 0 Å². The van der Waals surface area contributed by atoms with E-state index in [0.717, 1.165) is 37.4 Å². The lowest BCUT2D eigenvalue weighted by molar-refractivity contribution is -0.144. The predicted molar refractivity (Wildman–Crippen MR) is 98.7 cm³/mol. The minimum Gasteiger partial charge on any atom is -0.370 e. The Hall–Kier alpha value is -2.47. The molecule has 1 atom stereocenters. The van der Waals surface area contributed by atoms with E-state index in [1.54, 1.807) is 12.4 Å². The van der Waals surface area contributed by atoms with E-state index in [-0.39, 0.29) is 17.9 Å². The molecule has 1 amide bonds. The minimum absolute atomic E-state index is 0.0216. The molecule has 0 bridgehead atoms. The van der Waals surface area contributed by atoms with E-state index in [2.05, 4.69) is 27.0 Å². The molecule has 2 fully saturated rings. The normalized spacial score (nSPS) is 21.6. The van der Waals surface area contributed by atoms with Crippen molar-refractivity contribution >= 4 is 11.9 Å². The fourth-order valence-electron chi connectivity index (χ4n) is 3.76. The van der Waals surface area contributed by atoms with Gasteiger partial charge in [0, 0.05) is 37.9 Å². The van der Waals surface area contributed by atoms with Crippen LogP contribution in [0.3, 0.4) is 0 Å². The number of aromatic nitrogens is 2. The molecule has 0 saturated carbocycles. The van der Waals surface area contributed by atoms with Crippen LogP contribution in [-0.2, 0) is 9.53 Å². The summed E-state index contributed by atoms with van der Waals surface area (Å²) in [6, 6.07) is 12.0. The molecule has 26 heavy (non-hydrogen) atoms. The maximum Gasteiger partial charge on any atom is 0.225 e. The molecular weight excluding hydrogens is 328 g/mol. The molecule has 0 N–H and O–H groups in total. The van der Waals surface area contributed by atoms with Gasteiger partial charge in [-0.1, -0.05) is 30.3 Å². The molecule has 136 valence electrons. The Morgan fingerprint density at radius 2 is 1.73 bits per heavy atom. The van der Waals surface area contributed by atoms with E-state index in [0.29, 0.717) is 19.7 Å². The Labute approximate surface area is 153 Å². The molecule has 6 heteroatoms. The van der Waals surface area contributed by atoms with Crippen molar-refractivity contribution in [3.63, 3.8) is 0 Å². The highest BCUT2D eigenvalue weighted by atomic mass is 16.5. The summed E-state index contributed by atoms with van der Waals surface area (Å²) < 4.78 is 5.89. The van der Waals surface area contributed by atoms with E-state index in [1.165, 1.54) is 0 Å². The van der Waals surface area contributed by atoms with Gasteiger partial charge in [0.15, 0.2) is 0 Å². The third kappa shape index (κ3) is 3.70. The van der Waals surface area contributed by atoms with Crippen LogP contribution in [0.2, 0.25) is 0 Å². The van der Waals surface area contributed by atoms with Gasteiger partial charge >= 0.3 is 0 Å². The summed E-state index contributed by atoms with van der Waals surface area (Å²) in [4.78, 5) is 25.8. The molecule has 0 aliphatic carbocycles. The Bertz CT molecular complexity index is 717. The molecule has 0 radical (unpaired) electrons. The second kappa shape index (κ2) is 7.83. The number of ether oxygens (including phenoxy) is 1. The van der Waals surface area contributed by atoms with Crippen LogP contribution in [0.15, 0.2) is 48.8 Å². The van der Waals surface area contributed by atoms with Gasteiger partial charge in [-0.25, -0.2) is 9.97 Å². The van der Waals surface area contributed by atoms with Crippen molar-refractivity contribution in [2.24, 2.45) is 5.92 Å². The van der Waals surface area contributed by atoms with Gasteiger partial charge in [-0.05, 0) is 24.5 Å². The largest absolute Gasteiger partial charge is 0.370 e. The summed E-state index contributed by atoms with van der Waals surface area (Å²) in [6.07, 6.45) is 5.20. The number of amides is 1. The monoisotopic (exact) mass is 352 g/mol. The Morgan fingerprint density at radius 1 is 1.00 bits per heavy atom. The standard InChI is InChI=1S/C20H24N4O2/c25-19(17-7-11-23(12-8-17)20-21-9-4-10-22-20)24-13-14-26-18(15-24)16-5-2-1-3-6-16/h1-6,9-10,17-18H,7-8,11-15H2/t18-/m0/s1. The molecule has 6 nitrogen and oxygen atoms in total. The van der Waals surface area contributed by atoms with Crippen molar-refractivity contribution in [3.8, 4) is 0 Å². The topological polar surface area (TPSA) is 58.6 Å². The Balaban J connectivity index is 1.35. The predicted octanol–water partition coefficient (Wildman–Crippen LogP) is 2.29. The van der Waals surface area contributed by atoms with Crippen LogP contribution in [0, 0.1) is 5.92 Å². The van der Waals surface area contributed by atoms with E-state index in [1.807, 2.05) is 29.2 Å². The minimum atomic E-state index is -0.0216. The smallest absolute Gasteiger partial charge is 0.225 e. The molecule has 1 aromatic carbocycles. The first-order valence-electron chi connectivity index (χ1n) is 9.28. The lowest BCUT2D eigenvalue weighted by atomic mass is 9.94. The molecule has 2 aliphatic heterocycles. The molecule has 2 aliphatic rings. The molecule has 1 aromatic heterocycles. The number of benzene rings is 1. The summed E-state index contributed by atoms with van der Waals surface area (Å²) in [6.45, 7) is 3.58. The summed E-state index contributed by atoms with van der Waals surface area (Å²) >= 11 is 0. The molecule has 3 heterocycles. The van der Waals surface area contributed by atoms with Gasteiger partial charge < -0.3 is 14.5 Å². The first-order valence-corrected chi connectivity index (χ1v) is 9.28. The summed E-state index contributed by atoms with van der Waals surface area (Å²) in [7, 11) is 0. The van der Waals surface area contributed by atoms with Gasteiger partial charge in [0.1, 0.15) is 6.10 Å². The average molecular weight is 352 g/mol. The van der Waals surface area contributed by atoms with Crippen molar-refractivity contribution in [3.05, 3.63) is 54.4 Å². The molecule has 2 saturated heterocycles. The zero-order valence-electron chi connectivity index (χ0n) is 14.8. The highest BCUT2D eigenvalue weighted by Crippen LogP contribution is 2.26. The SMILES string of the molecule is O=C(C1CCN(c2ncccn2)CC1)N1CCO[C@H](c2ccccc2)C1. The average Bonchev–Trinajstić information content (AvgIpc) is 2.75. The van der Waals surface area contributed by atoms with Crippen molar-refractivity contribution in [1.82, 2.24) is 14.9 Å². The van der Waals surface area contributed by atoms with Crippen LogP contribution in [0.1, 0.15) is 24.5 Å². The quantitative estimate of drug-likeness (QED) is 0.848. The first-order chi connectivity index (χ1) is 12.8. The summed E-state index contributed by atoms with van der Waals surface area (Å²) in [5, 5.41) is 0. The molecular formula is C20H24N4O2. The van der Waals surface area contributed by atoms with Crippen molar-refractivity contribution in [2.75, 3.05) is 37.7 Å². The van der Waals surface area contributed by atoms with Crippen molar-refractivity contribution in [2.45, 2.75) is 18.9 Å². The third-order valence-electron chi connectivity index (χ3n) is 5.23.